The molecule has 0 saturated carbocycles. The molecule has 0 saturated heterocycles. The standard InChI is InChI=1S/C77H136O17P2/c1-5-9-13-17-21-25-29-32-33-34-35-36-37-40-43-46-50-54-58-62-75(80)88-67-72(93-76(81)63-59-55-51-47-41-28-24-20-16-12-8-4)69-91-95(83,84)89-65-71(78)66-90-96(85,86)92-70-73(94-77(82)64-60-56-52-48-44-39-31-27-23-19-15-11-7-3)68-87-74(79)61-57-53-49-45-42-38-30-26-22-18-14-10-6-2/h9,13-14,18,21,25-26,30,32-33,35-36,40,43,71-73,78H,5-8,10-12,15-17,19-20,22-24,27-29,31,34,37-39,41-42,44-70H2,1-4H3,(H,83,84)(H,85,86)/b13-9-,18-14-,25-21-,30-26-,33-32-,36-35-,43-40-. The number of hydrogen-bond acceptors (Lipinski definition) is 15. The minimum atomic E-state index is -4.97. The van der Waals surface area contributed by atoms with E-state index < -0.39 is 97.5 Å². The van der Waals surface area contributed by atoms with E-state index in [-0.39, 0.29) is 25.7 Å². The number of phosphoric acid groups is 2. The molecule has 96 heavy (non-hydrogen) atoms. The minimum Gasteiger partial charge on any atom is -0.462 e. The fraction of sp³-hybridized carbons (Fsp3) is 0.766. The maximum Gasteiger partial charge on any atom is 0.472 e. The van der Waals surface area contributed by atoms with Crippen LogP contribution in [0.4, 0.5) is 0 Å². The molecule has 5 unspecified atom stereocenters. The van der Waals surface area contributed by atoms with Gasteiger partial charge >= 0.3 is 39.5 Å². The maximum absolute atomic E-state index is 13.1. The van der Waals surface area contributed by atoms with Crippen molar-refractivity contribution >= 4 is 39.5 Å². The third-order valence-corrected chi connectivity index (χ3v) is 17.8. The van der Waals surface area contributed by atoms with E-state index in [9.17, 15) is 43.2 Å². The number of carbonyl (C=O) groups excluding carboxylic acids is 4. The number of phosphoric ester groups is 2. The SMILES string of the molecule is CC/C=C\C/C=C\C/C=C\C/C=C\C/C=C\CCCCCC(=O)OCC(COP(=O)(O)OCC(O)COP(=O)(O)OCC(COC(=O)CCCCCCC/C=C\C/C=C\CCC)OC(=O)CCCCCCCCCCCCCCC)OC(=O)CCCCCCCCCCCCC. The van der Waals surface area contributed by atoms with Crippen LogP contribution in [0.25, 0.3) is 0 Å². The topological polar surface area (TPSA) is 237 Å². The number of hydrogen-bond donors (Lipinski definition) is 3. The van der Waals surface area contributed by atoms with Crippen molar-refractivity contribution in [1.82, 2.24) is 0 Å². The van der Waals surface area contributed by atoms with Crippen LogP contribution in [0.15, 0.2) is 85.1 Å². The quantitative estimate of drug-likeness (QED) is 0.0169. The van der Waals surface area contributed by atoms with Crippen molar-refractivity contribution in [2.24, 2.45) is 0 Å². The number of allylic oxidation sites excluding steroid dienone is 14. The summed E-state index contributed by atoms with van der Waals surface area (Å²) in [5.74, 6) is -2.21. The zero-order valence-corrected chi connectivity index (χ0v) is 62.3. The number of aliphatic hydroxyl groups excluding tert-OH is 1. The Hall–Kier alpha value is -3.76. The molecule has 0 aliphatic heterocycles. The molecule has 17 nitrogen and oxygen atoms in total. The van der Waals surface area contributed by atoms with Crippen LogP contribution in [0.5, 0.6) is 0 Å². The summed E-state index contributed by atoms with van der Waals surface area (Å²) in [5, 5.41) is 10.6. The molecular formula is C77H136O17P2. The molecule has 0 fully saturated rings. The second-order valence-corrected chi connectivity index (χ2v) is 28.1. The van der Waals surface area contributed by atoms with Crippen molar-refractivity contribution in [3.05, 3.63) is 85.1 Å². The van der Waals surface area contributed by atoms with Gasteiger partial charge in [-0.05, 0) is 96.3 Å². The number of rotatable bonds is 71. The Morgan fingerprint density at radius 1 is 0.302 bits per heavy atom. The molecule has 0 aliphatic carbocycles. The van der Waals surface area contributed by atoms with Crippen LogP contribution in [0.2, 0.25) is 0 Å². The van der Waals surface area contributed by atoms with Gasteiger partial charge in [0.15, 0.2) is 12.2 Å². The van der Waals surface area contributed by atoms with Gasteiger partial charge in [-0.25, -0.2) is 9.13 Å². The van der Waals surface area contributed by atoms with Crippen LogP contribution in [0.3, 0.4) is 0 Å². The first-order valence-electron chi connectivity index (χ1n) is 37.8. The lowest BCUT2D eigenvalue weighted by Crippen LogP contribution is -2.30. The number of unbranched alkanes of at least 4 members (excludes halogenated alkanes) is 31. The van der Waals surface area contributed by atoms with Crippen LogP contribution in [-0.4, -0.2) is 96.7 Å². The van der Waals surface area contributed by atoms with Crippen molar-refractivity contribution in [1.29, 1.82) is 0 Å². The van der Waals surface area contributed by atoms with Gasteiger partial charge in [0.25, 0.3) is 0 Å². The summed E-state index contributed by atoms with van der Waals surface area (Å²) in [6.45, 7) is 4.66. The van der Waals surface area contributed by atoms with Gasteiger partial charge in [0, 0.05) is 25.7 Å². The zero-order chi connectivity index (χ0) is 70.4. The predicted molar refractivity (Wildman–Crippen MR) is 390 cm³/mol. The smallest absolute Gasteiger partial charge is 0.462 e. The summed E-state index contributed by atoms with van der Waals surface area (Å²) < 4.78 is 68.4. The molecule has 0 aromatic rings. The molecular weight excluding hydrogens is 1260 g/mol. The van der Waals surface area contributed by atoms with E-state index in [2.05, 4.69) is 113 Å². The average Bonchev–Trinajstić information content (AvgIpc) is 1.11. The van der Waals surface area contributed by atoms with Gasteiger partial charge in [0.2, 0.25) is 0 Å². The third-order valence-electron chi connectivity index (χ3n) is 15.9. The first-order valence-corrected chi connectivity index (χ1v) is 40.8. The average molecular weight is 1400 g/mol. The number of esters is 4. The van der Waals surface area contributed by atoms with Gasteiger partial charge in [-0.15, -0.1) is 0 Å². The molecule has 0 heterocycles. The van der Waals surface area contributed by atoms with Crippen molar-refractivity contribution in [2.75, 3.05) is 39.6 Å². The van der Waals surface area contributed by atoms with Crippen molar-refractivity contribution < 1.29 is 80.2 Å². The normalized spacial score (nSPS) is 14.4. The molecule has 19 heteroatoms. The highest BCUT2D eigenvalue weighted by Crippen LogP contribution is 2.45. The van der Waals surface area contributed by atoms with E-state index in [0.717, 1.165) is 154 Å². The van der Waals surface area contributed by atoms with Gasteiger partial charge in [-0.1, -0.05) is 286 Å². The molecule has 0 aromatic heterocycles. The lowest BCUT2D eigenvalue weighted by Gasteiger charge is -2.21. The van der Waals surface area contributed by atoms with Crippen molar-refractivity contribution in [3.63, 3.8) is 0 Å². The molecule has 0 spiro atoms. The molecule has 0 rings (SSSR count). The largest absolute Gasteiger partial charge is 0.472 e. The molecule has 0 bridgehead atoms. The third kappa shape index (κ3) is 68.8. The Morgan fingerprint density at radius 3 is 0.885 bits per heavy atom. The highest BCUT2D eigenvalue weighted by molar-refractivity contribution is 7.47. The molecule has 5 atom stereocenters. The summed E-state index contributed by atoms with van der Waals surface area (Å²) in [6, 6.07) is 0. The molecule has 556 valence electrons. The second kappa shape index (κ2) is 69.7. The number of carbonyl (C=O) groups is 4. The summed E-state index contributed by atoms with van der Waals surface area (Å²) in [6.07, 6.45) is 70.1. The summed E-state index contributed by atoms with van der Waals surface area (Å²) in [5.41, 5.74) is 0. The van der Waals surface area contributed by atoms with Crippen LogP contribution < -0.4 is 0 Å². The van der Waals surface area contributed by atoms with Crippen LogP contribution in [-0.2, 0) is 65.4 Å². The van der Waals surface area contributed by atoms with Gasteiger partial charge in [0.05, 0.1) is 26.4 Å². The lowest BCUT2D eigenvalue weighted by molar-refractivity contribution is -0.161. The summed E-state index contributed by atoms with van der Waals surface area (Å²) in [4.78, 5) is 72.7. The van der Waals surface area contributed by atoms with Gasteiger partial charge in [-0.2, -0.15) is 0 Å². The second-order valence-electron chi connectivity index (χ2n) is 25.2. The molecule has 3 N–H and O–H groups in total. The first-order chi connectivity index (χ1) is 46.7. The van der Waals surface area contributed by atoms with Gasteiger partial charge in [0.1, 0.15) is 19.3 Å². The molecule has 0 aromatic carbocycles. The van der Waals surface area contributed by atoms with E-state index in [4.69, 9.17) is 37.0 Å². The minimum absolute atomic E-state index is 0.0905. The van der Waals surface area contributed by atoms with Gasteiger partial charge < -0.3 is 33.8 Å². The highest BCUT2D eigenvalue weighted by atomic mass is 31.2. The van der Waals surface area contributed by atoms with E-state index in [1.54, 1.807) is 0 Å². The molecule has 0 aliphatic rings. The summed E-state index contributed by atoms with van der Waals surface area (Å²) in [7, 11) is -9.94. The number of ether oxygens (including phenoxy) is 4. The predicted octanol–water partition coefficient (Wildman–Crippen LogP) is 21.4. The van der Waals surface area contributed by atoms with Crippen LogP contribution in [0.1, 0.15) is 323 Å². The summed E-state index contributed by atoms with van der Waals surface area (Å²) >= 11 is 0. The van der Waals surface area contributed by atoms with Crippen LogP contribution in [0, 0.1) is 0 Å². The Bertz CT molecular complexity index is 2160. The van der Waals surface area contributed by atoms with E-state index >= 15 is 0 Å². The van der Waals surface area contributed by atoms with Crippen molar-refractivity contribution in [2.45, 2.75) is 341 Å². The van der Waals surface area contributed by atoms with Crippen LogP contribution >= 0.6 is 15.6 Å². The van der Waals surface area contributed by atoms with Crippen molar-refractivity contribution in [3.8, 4) is 0 Å². The lowest BCUT2D eigenvalue weighted by atomic mass is 10.0. The highest BCUT2D eigenvalue weighted by Gasteiger charge is 2.30. The maximum atomic E-state index is 13.1. The first kappa shape index (κ1) is 92.2. The molecule has 0 radical (unpaired) electrons. The number of aliphatic hydroxyl groups is 1. The monoisotopic (exact) mass is 1390 g/mol. The Morgan fingerprint density at radius 2 is 0.562 bits per heavy atom. The zero-order valence-electron chi connectivity index (χ0n) is 60.5. The Balaban J connectivity index is 5.32. The van der Waals surface area contributed by atoms with E-state index in [0.29, 0.717) is 25.7 Å². The van der Waals surface area contributed by atoms with E-state index in [1.165, 1.54) is 89.9 Å². The Kier molecular flexibility index (Phi) is 67.0. The fourth-order valence-electron chi connectivity index (χ4n) is 10.1. The van der Waals surface area contributed by atoms with Gasteiger partial charge in [-0.3, -0.25) is 37.3 Å². The molecule has 0 amide bonds. The fourth-order valence-corrected chi connectivity index (χ4v) is 11.7. The Labute approximate surface area is 583 Å². The van der Waals surface area contributed by atoms with E-state index in [1.807, 2.05) is 0 Å².